The van der Waals surface area contributed by atoms with Gasteiger partial charge in [-0.3, -0.25) is 10.4 Å². The van der Waals surface area contributed by atoms with E-state index in [-0.39, 0.29) is 0 Å². The van der Waals surface area contributed by atoms with Crippen LogP contribution in [0.15, 0.2) is 53.9 Å². The lowest BCUT2D eigenvalue weighted by Gasteiger charge is -2.08. The third-order valence-electron chi connectivity index (χ3n) is 2.53. The normalized spacial score (nSPS) is 11.0. The van der Waals surface area contributed by atoms with E-state index in [1.54, 1.807) is 24.5 Å². The van der Waals surface area contributed by atoms with Crippen LogP contribution < -0.4 is 10.7 Å². The zero-order valence-corrected chi connectivity index (χ0v) is 12.4. The van der Waals surface area contributed by atoms with E-state index >= 15 is 0 Å². The highest BCUT2D eigenvalue weighted by Gasteiger charge is 1.98. The van der Waals surface area contributed by atoms with Crippen molar-refractivity contribution in [3.8, 4) is 0 Å². The molecule has 6 heteroatoms. The molecule has 0 aliphatic carbocycles. The molecule has 1 aromatic carbocycles. The summed E-state index contributed by atoms with van der Waals surface area (Å²) in [6.07, 6.45) is 3.44. The number of hydrazone groups is 1. The van der Waals surface area contributed by atoms with Gasteiger partial charge in [0.25, 0.3) is 0 Å². The van der Waals surface area contributed by atoms with Crippen LogP contribution in [0.3, 0.4) is 0 Å². The number of benzene rings is 1. The fourth-order valence-corrected chi connectivity index (χ4v) is 1.77. The smallest absolute Gasteiger partial charge is 0.191 e. The first-order valence-electron chi connectivity index (χ1n) is 5.92. The minimum Gasteiger partial charge on any atom is -0.331 e. The minimum absolute atomic E-state index is 0.417. The Labute approximate surface area is 127 Å². The summed E-state index contributed by atoms with van der Waals surface area (Å²) in [7, 11) is 0. The van der Waals surface area contributed by atoms with Gasteiger partial charge in [0, 0.05) is 28.7 Å². The van der Waals surface area contributed by atoms with Gasteiger partial charge in [0.2, 0.25) is 0 Å². The highest BCUT2D eigenvalue weighted by atomic mass is 35.5. The molecule has 0 radical (unpaired) electrons. The van der Waals surface area contributed by atoms with Crippen molar-refractivity contribution in [3.05, 3.63) is 59.4 Å². The lowest BCUT2D eigenvalue weighted by Crippen LogP contribution is -2.24. The molecule has 2 rings (SSSR count). The topological polar surface area (TPSA) is 49.3 Å². The van der Waals surface area contributed by atoms with Crippen LogP contribution in [0, 0.1) is 0 Å². The number of thiocarbonyl (C=S) groups is 1. The predicted molar refractivity (Wildman–Crippen MR) is 87.3 cm³/mol. The number of aromatic nitrogens is 1. The van der Waals surface area contributed by atoms with E-state index in [9.17, 15) is 0 Å². The second kappa shape index (κ2) is 6.98. The molecule has 0 bridgehead atoms. The van der Waals surface area contributed by atoms with Gasteiger partial charge in [-0.25, -0.2) is 0 Å². The third kappa shape index (κ3) is 4.29. The predicted octanol–water partition coefficient (Wildman–Crippen LogP) is 3.45. The summed E-state index contributed by atoms with van der Waals surface area (Å²) in [5, 5.41) is 8.33. The maximum atomic E-state index is 5.82. The summed E-state index contributed by atoms with van der Waals surface area (Å²) in [6.45, 7) is 1.90. The van der Waals surface area contributed by atoms with Crippen LogP contribution in [-0.2, 0) is 0 Å². The largest absolute Gasteiger partial charge is 0.331 e. The molecule has 0 aliphatic heterocycles. The molecule has 2 N–H and O–H groups in total. The molecular weight excluding hydrogens is 292 g/mol. The first kappa shape index (κ1) is 14.4. The number of hydrogen-bond donors (Lipinski definition) is 2. The Bertz CT molecular complexity index is 611. The van der Waals surface area contributed by atoms with Crippen molar-refractivity contribution in [2.45, 2.75) is 6.92 Å². The van der Waals surface area contributed by atoms with E-state index in [0.717, 1.165) is 17.0 Å². The zero-order valence-electron chi connectivity index (χ0n) is 10.8. The second-order valence-corrected chi connectivity index (χ2v) is 4.85. The van der Waals surface area contributed by atoms with E-state index in [1.165, 1.54) is 0 Å². The summed E-state index contributed by atoms with van der Waals surface area (Å²) in [6, 6.07) is 11.0. The van der Waals surface area contributed by atoms with Gasteiger partial charge < -0.3 is 5.32 Å². The number of nitrogens with one attached hydrogen (secondary N) is 2. The first-order chi connectivity index (χ1) is 9.65. The fraction of sp³-hybridized carbons (Fsp3) is 0.0714. The fourth-order valence-electron chi connectivity index (χ4n) is 1.48. The molecule has 0 amide bonds. The Morgan fingerprint density at radius 3 is 2.45 bits per heavy atom. The molecule has 20 heavy (non-hydrogen) atoms. The number of nitrogens with zero attached hydrogens (tertiary/aromatic N) is 2. The number of rotatable bonds is 3. The average molecular weight is 305 g/mol. The number of pyridine rings is 1. The Hall–Kier alpha value is -1.98. The summed E-state index contributed by atoms with van der Waals surface area (Å²) < 4.78 is 0. The van der Waals surface area contributed by atoms with Crippen LogP contribution in [0.5, 0.6) is 0 Å². The van der Waals surface area contributed by atoms with E-state index < -0.39 is 0 Å². The maximum absolute atomic E-state index is 5.82. The average Bonchev–Trinajstić information content (AvgIpc) is 2.48. The van der Waals surface area contributed by atoms with Gasteiger partial charge in [-0.2, -0.15) is 5.10 Å². The summed E-state index contributed by atoms with van der Waals surface area (Å²) in [5.41, 5.74) is 5.46. The van der Waals surface area contributed by atoms with E-state index in [1.807, 2.05) is 31.2 Å². The second-order valence-electron chi connectivity index (χ2n) is 4.01. The van der Waals surface area contributed by atoms with Crippen molar-refractivity contribution in [1.29, 1.82) is 0 Å². The highest BCUT2D eigenvalue weighted by Crippen LogP contribution is 2.13. The van der Waals surface area contributed by atoms with Crippen molar-refractivity contribution in [3.63, 3.8) is 0 Å². The molecule has 1 aromatic heterocycles. The Morgan fingerprint density at radius 2 is 1.80 bits per heavy atom. The van der Waals surface area contributed by atoms with Crippen LogP contribution in [0.2, 0.25) is 5.02 Å². The van der Waals surface area contributed by atoms with Crippen molar-refractivity contribution in [1.82, 2.24) is 10.4 Å². The lowest BCUT2D eigenvalue weighted by atomic mass is 10.2. The molecule has 0 saturated carbocycles. The molecule has 0 unspecified atom stereocenters. The van der Waals surface area contributed by atoms with Gasteiger partial charge >= 0.3 is 0 Å². The van der Waals surface area contributed by atoms with Crippen LogP contribution in [0.25, 0.3) is 0 Å². The van der Waals surface area contributed by atoms with E-state index in [2.05, 4.69) is 20.8 Å². The van der Waals surface area contributed by atoms with Crippen LogP contribution >= 0.6 is 23.8 Å². The van der Waals surface area contributed by atoms with Gasteiger partial charge in [-0.15, -0.1) is 0 Å². The maximum Gasteiger partial charge on any atom is 0.191 e. The number of anilines is 1. The van der Waals surface area contributed by atoms with Crippen molar-refractivity contribution in [2.24, 2.45) is 5.10 Å². The van der Waals surface area contributed by atoms with Crippen molar-refractivity contribution in [2.75, 3.05) is 5.32 Å². The summed E-state index contributed by atoms with van der Waals surface area (Å²) in [5.74, 6) is 0. The van der Waals surface area contributed by atoms with Gasteiger partial charge in [0.15, 0.2) is 5.11 Å². The minimum atomic E-state index is 0.417. The molecule has 0 spiro atoms. The Balaban J connectivity index is 1.93. The molecule has 2 aromatic rings. The van der Waals surface area contributed by atoms with Gasteiger partial charge in [-0.05, 0) is 55.5 Å². The summed E-state index contributed by atoms with van der Waals surface area (Å²) >= 11 is 11.0. The molecule has 0 fully saturated rings. The van der Waals surface area contributed by atoms with Crippen molar-refractivity contribution >= 4 is 40.3 Å². The summed E-state index contributed by atoms with van der Waals surface area (Å²) in [4.78, 5) is 3.96. The Kier molecular flexibility index (Phi) is 5.03. The van der Waals surface area contributed by atoms with Crippen LogP contribution in [0.4, 0.5) is 5.69 Å². The molecule has 4 nitrogen and oxygen atoms in total. The van der Waals surface area contributed by atoms with Crippen LogP contribution in [-0.4, -0.2) is 15.8 Å². The SMILES string of the molecule is C/C(=N/NC(=S)Nc1ccc(Cl)cc1)c1ccncc1. The molecule has 1 heterocycles. The van der Waals surface area contributed by atoms with Crippen molar-refractivity contribution < 1.29 is 0 Å². The molecule has 0 aliphatic rings. The third-order valence-corrected chi connectivity index (χ3v) is 2.97. The van der Waals surface area contributed by atoms with E-state index in [0.29, 0.717) is 10.1 Å². The first-order valence-corrected chi connectivity index (χ1v) is 6.71. The van der Waals surface area contributed by atoms with Gasteiger partial charge in [-0.1, -0.05) is 11.6 Å². The van der Waals surface area contributed by atoms with Gasteiger partial charge in [0.05, 0.1) is 5.71 Å². The molecular formula is C14H13ClN4S. The zero-order chi connectivity index (χ0) is 14.4. The number of hydrogen-bond acceptors (Lipinski definition) is 3. The lowest BCUT2D eigenvalue weighted by molar-refractivity contribution is 1.04. The van der Waals surface area contributed by atoms with Gasteiger partial charge in [0.1, 0.15) is 0 Å². The Morgan fingerprint density at radius 1 is 1.15 bits per heavy atom. The van der Waals surface area contributed by atoms with E-state index in [4.69, 9.17) is 23.8 Å². The molecule has 0 saturated heterocycles. The molecule has 0 atom stereocenters. The molecule has 102 valence electrons. The number of halogens is 1. The quantitative estimate of drug-likeness (QED) is 0.518. The monoisotopic (exact) mass is 304 g/mol. The van der Waals surface area contributed by atoms with Crippen LogP contribution in [0.1, 0.15) is 12.5 Å². The highest BCUT2D eigenvalue weighted by molar-refractivity contribution is 7.80. The standard InChI is InChI=1S/C14H13ClN4S/c1-10(11-6-8-16-9-7-11)18-19-14(20)17-13-4-2-12(15)3-5-13/h2-9H,1H3,(H2,17,19,20)/b18-10-.